The van der Waals surface area contributed by atoms with E-state index in [1.807, 2.05) is 0 Å². The molecule has 11 heteroatoms. The molecule has 2 heterocycles. The van der Waals surface area contributed by atoms with E-state index in [-0.39, 0.29) is 32.0 Å². The average molecular weight is 434 g/mol. The molecule has 1 aliphatic rings. The number of aromatic nitrogens is 1. The van der Waals surface area contributed by atoms with Crippen LogP contribution >= 0.6 is 11.6 Å². The monoisotopic (exact) mass is 433 g/mol. The van der Waals surface area contributed by atoms with Crippen molar-refractivity contribution in [3.8, 4) is 0 Å². The zero-order valence-electron chi connectivity index (χ0n) is 14.9. The number of hydrogen-bond acceptors (Lipinski definition) is 6. The molecule has 148 valence electrons. The molecule has 0 atom stereocenters. The Bertz CT molecular complexity index is 1040. The number of nitrogens with one attached hydrogen (secondary N) is 1. The molecule has 1 N–H and O–H groups in total. The highest BCUT2D eigenvalue weighted by molar-refractivity contribution is 7.92. The first-order valence-corrected chi connectivity index (χ1v) is 11.7. The molecule has 0 saturated carbocycles. The summed E-state index contributed by atoms with van der Waals surface area (Å²) in [6.45, 7) is 3.88. The first-order chi connectivity index (χ1) is 12.6. The third kappa shape index (κ3) is 3.98. The molecule has 8 nitrogen and oxygen atoms in total. The highest BCUT2D eigenvalue weighted by Gasteiger charge is 2.28. The molecule has 1 aromatic carbocycles. The zero-order valence-corrected chi connectivity index (χ0v) is 17.3. The number of aryl methyl sites for hydroxylation is 2. The van der Waals surface area contributed by atoms with E-state index in [4.69, 9.17) is 16.1 Å². The van der Waals surface area contributed by atoms with Gasteiger partial charge in [0.05, 0.1) is 15.6 Å². The molecule has 2 aromatic rings. The van der Waals surface area contributed by atoms with Crippen LogP contribution in [-0.2, 0) is 20.0 Å². The van der Waals surface area contributed by atoms with E-state index in [0.717, 1.165) is 19.3 Å². The predicted molar refractivity (Wildman–Crippen MR) is 101 cm³/mol. The third-order valence-electron chi connectivity index (χ3n) is 4.37. The summed E-state index contributed by atoms with van der Waals surface area (Å²) in [4.78, 5) is -0.104. The van der Waals surface area contributed by atoms with Gasteiger partial charge in [-0.2, -0.15) is 4.31 Å². The standard InChI is InChI=1S/C16H20ClN3O5S2/c1-11-16(12(2)25-18-11)26(21,22)19-15-10-13(6-7-14(15)17)27(23,24)20-8-4-3-5-9-20/h6-7,10,19H,3-5,8-9H2,1-2H3. The van der Waals surface area contributed by atoms with E-state index in [1.54, 1.807) is 0 Å². The van der Waals surface area contributed by atoms with E-state index < -0.39 is 20.0 Å². The fourth-order valence-electron chi connectivity index (χ4n) is 3.05. The molecular weight excluding hydrogens is 414 g/mol. The number of benzene rings is 1. The Morgan fingerprint density at radius 3 is 2.37 bits per heavy atom. The van der Waals surface area contributed by atoms with E-state index in [9.17, 15) is 16.8 Å². The van der Waals surface area contributed by atoms with Gasteiger partial charge in [-0.3, -0.25) is 4.72 Å². The van der Waals surface area contributed by atoms with Gasteiger partial charge >= 0.3 is 0 Å². The number of rotatable bonds is 5. The molecule has 0 amide bonds. The van der Waals surface area contributed by atoms with Crippen LogP contribution in [0.3, 0.4) is 0 Å². The number of nitrogens with zero attached hydrogens (tertiary/aromatic N) is 2. The maximum absolute atomic E-state index is 12.8. The minimum absolute atomic E-state index is 0.00902. The summed E-state index contributed by atoms with van der Waals surface area (Å²) < 4.78 is 59.7. The summed E-state index contributed by atoms with van der Waals surface area (Å²) in [5.74, 6) is 0.133. The van der Waals surface area contributed by atoms with Gasteiger partial charge in [-0.15, -0.1) is 0 Å². The highest BCUT2D eigenvalue weighted by Crippen LogP contribution is 2.31. The number of hydrogen-bond donors (Lipinski definition) is 1. The van der Waals surface area contributed by atoms with E-state index >= 15 is 0 Å². The number of piperidine rings is 1. The molecule has 0 aliphatic carbocycles. The van der Waals surface area contributed by atoms with Crippen molar-refractivity contribution in [1.82, 2.24) is 9.46 Å². The molecular formula is C16H20ClN3O5S2. The summed E-state index contributed by atoms with van der Waals surface area (Å²) in [5.41, 5.74) is 0.183. The normalized spacial score (nSPS) is 16.4. The van der Waals surface area contributed by atoms with Crippen LogP contribution in [0.25, 0.3) is 0 Å². The molecule has 3 rings (SSSR count). The van der Waals surface area contributed by atoms with Gasteiger partial charge in [0.2, 0.25) is 10.0 Å². The van der Waals surface area contributed by atoms with Crippen LogP contribution in [0.1, 0.15) is 30.7 Å². The first kappa shape index (κ1) is 20.1. The van der Waals surface area contributed by atoms with Gasteiger partial charge in [0.25, 0.3) is 10.0 Å². The molecule has 27 heavy (non-hydrogen) atoms. The van der Waals surface area contributed by atoms with Gasteiger partial charge in [0.15, 0.2) is 10.7 Å². The lowest BCUT2D eigenvalue weighted by Gasteiger charge is -2.26. The van der Waals surface area contributed by atoms with Crippen molar-refractivity contribution < 1.29 is 21.4 Å². The predicted octanol–water partition coefficient (Wildman–Crippen LogP) is 2.92. The molecule has 0 bridgehead atoms. The maximum Gasteiger partial charge on any atom is 0.267 e. The minimum Gasteiger partial charge on any atom is -0.360 e. The fourth-order valence-corrected chi connectivity index (χ4v) is 6.22. The van der Waals surface area contributed by atoms with Crippen LogP contribution in [0.2, 0.25) is 5.02 Å². The van der Waals surface area contributed by atoms with E-state index in [1.165, 1.54) is 36.4 Å². The molecule has 0 spiro atoms. The summed E-state index contributed by atoms with van der Waals surface area (Å²) in [5, 5.41) is 3.72. The highest BCUT2D eigenvalue weighted by atomic mass is 35.5. The molecule has 0 radical (unpaired) electrons. The number of anilines is 1. The second kappa shape index (κ2) is 7.42. The van der Waals surface area contributed by atoms with Gasteiger partial charge in [0, 0.05) is 13.1 Å². The Balaban J connectivity index is 1.97. The maximum atomic E-state index is 12.8. The van der Waals surface area contributed by atoms with Gasteiger partial charge in [0.1, 0.15) is 5.69 Å². The first-order valence-electron chi connectivity index (χ1n) is 8.38. The van der Waals surface area contributed by atoms with Gasteiger partial charge in [-0.05, 0) is 44.9 Å². The van der Waals surface area contributed by atoms with E-state index in [0.29, 0.717) is 13.1 Å². The second-order valence-electron chi connectivity index (χ2n) is 6.37. The SMILES string of the molecule is Cc1noc(C)c1S(=O)(=O)Nc1cc(S(=O)(=O)N2CCCCC2)ccc1Cl. The Labute approximate surface area is 163 Å². The average Bonchev–Trinajstić information content (AvgIpc) is 2.96. The van der Waals surface area contributed by atoms with Gasteiger partial charge in [-0.1, -0.05) is 23.2 Å². The van der Waals surface area contributed by atoms with Crippen molar-refractivity contribution in [3.05, 3.63) is 34.7 Å². The number of halogens is 1. The fraction of sp³-hybridized carbons (Fsp3) is 0.438. The van der Waals surface area contributed by atoms with Gasteiger partial charge in [-0.25, -0.2) is 16.8 Å². The third-order valence-corrected chi connectivity index (χ3v) is 8.20. The van der Waals surface area contributed by atoms with Crippen LogP contribution in [0, 0.1) is 13.8 Å². The lowest BCUT2D eigenvalue weighted by atomic mass is 10.2. The minimum atomic E-state index is -4.04. The Kier molecular flexibility index (Phi) is 5.53. The van der Waals surface area contributed by atoms with Crippen LogP contribution in [0.5, 0.6) is 0 Å². The Hall–Kier alpha value is -1.62. The second-order valence-corrected chi connectivity index (χ2v) is 10.3. The van der Waals surface area contributed by atoms with Crippen molar-refractivity contribution in [2.75, 3.05) is 17.8 Å². The molecule has 1 fully saturated rings. The van der Waals surface area contributed by atoms with Crippen molar-refractivity contribution in [2.24, 2.45) is 0 Å². The van der Waals surface area contributed by atoms with E-state index in [2.05, 4.69) is 9.88 Å². The van der Waals surface area contributed by atoms with Crippen molar-refractivity contribution in [2.45, 2.75) is 42.9 Å². The molecule has 1 aromatic heterocycles. The van der Waals surface area contributed by atoms with Crippen LogP contribution < -0.4 is 4.72 Å². The van der Waals surface area contributed by atoms with Crippen molar-refractivity contribution in [3.63, 3.8) is 0 Å². The summed E-state index contributed by atoms with van der Waals surface area (Å²) in [7, 11) is -7.76. The van der Waals surface area contributed by atoms with Crippen LogP contribution in [-0.4, -0.2) is 39.4 Å². The lowest BCUT2D eigenvalue weighted by Crippen LogP contribution is -2.35. The quantitative estimate of drug-likeness (QED) is 0.776. The largest absolute Gasteiger partial charge is 0.360 e. The molecule has 0 unspecified atom stereocenters. The Morgan fingerprint density at radius 1 is 1.11 bits per heavy atom. The Morgan fingerprint density at radius 2 is 1.78 bits per heavy atom. The summed E-state index contributed by atoms with van der Waals surface area (Å²) in [6.07, 6.45) is 2.60. The summed E-state index contributed by atoms with van der Waals surface area (Å²) >= 11 is 6.10. The molecule has 1 aliphatic heterocycles. The lowest BCUT2D eigenvalue weighted by molar-refractivity contribution is 0.346. The smallest absolute Gasteiger partial charge is 0.267 e. The van der Waals surface area contributed by atoms with Crippen LogP contribution in [0.15, 0.2) is 32.5 Å². The zero-order chi connectivity index (χ0) is 19.8. The van der Waals surface area contributed by atoms with Crippen LogP contribution in [0.4, 0.5) is 5.69 Å². The van der Waals surface area contributed by atoms with Gasteiger partial charge < -0.3 is 4.52 Å². The van der Waals surface area contributed by atoms with Crippen molar-refractivity contribution >= 4 is 37.3 Å². The number of sulfonamides is 2. The molecule has 1 saturated heterocycles. The van der Waals surface area contributed by atoms with Crippen molar-refractivity contribution in [1.29, 1.82) is 0 Å². The summed E-state index contributed by atoms with van der Waals surface area (Å²) in [6, 6.07) is 3.98. The topological polar surface area (TPSA) is 110 Å².